The van der Waals surface area contributed by atoms with Crippen molar-refractivity contribution in [3.8, 4) is 5.88 Å². The third-order valence-corrected chi connectivity index (χ3v) is 3.81. The molecular weight excluding hydrogens is 220 g/mol. The predicted molar refractivity (Wildman–Crippen MR) is 69.5 cm³/mol. The molecule has 0 saturated carbocycles. The Hall–Kier alpha value is -0.900. The van der Waals surface area contributed by atoms with Crippen molar-refractivity contribution in [3.63, 3.8) is 0 Å². The van der Waals surface area contributed by atoms with E-state index in [9.17, 15) is 0 Å². The van der Waals surface area contributed by atoms with Gasteiger partial charge in [0, 0.05) is 12.2 Å². The molecule has 0 unspecified atom stereocenters. The molecule has 0 radical (unpaired) electrons. The van der Waals surface area contributed by atoms with Crippen molar-refractivity contribution in [2.45, 2.75) is 25.8 Å². The zero-order valence-electron chi connectivity index (χ0n) is 9.82. The van der Waals surface area contributed by atoms with Gasteiger partial charge in [-0.25, -0.2) is 4.98 Å². The molecular formula is C12H18N2OS. The zero-order chi connectivity index (χ0) is 11.4. The van der Waals surface area contributed by atoms with Gasteiger partial charge in [0.2, 0.25) is 5.88 Å². The number of pyridine rings is 1. The van der Waals surface area contributed by atoms with Gasteiger partial charge in [0.25, 0.3) is 0 Å². The molecule has 0 aliphatic carbocycles. The van der Waals surface area contributed by atoms with Gasteiger partial charge in [0.1, 0.15) is 0 Å². The molecule has 1 aromatic heterocycles. The van der Waals surface area contributed by atoms with Gasteiger partial charge in [-0.3, -0.25) is 0 Å². The van der Waals surface area contributed by atoms with Crippen LogP contribution < -0.4 is 10.1 Å². The number of hydrogen-bond acceptors (Lipinski definition) is 4. The molecule has 0 aromatic carbocycles. The first-order valence-corrected chi connectivity index (χ1v) is 6.80. The number of anilines is 1. The van der Waals surface area contributed by atoms with E-state index in [2.05, 4.69) is 16.4 Å². The van der Waals surface area contributed by atoms with Crippen LogP contribution in [0.4, 0.5) is 5.69 Å². The Morgan fingerprint density at radius 3 is 2.88 bits per heavy atom. The Bertz CT molecular complexity index is 351. The van der Waals surface area contributed by atoms with Gasteiger partial charge in [-0.05, 0) is 42.9 Å². The van der Waals surface area contributed by atoms with Crippen molar-refractivity contribution in [2.75, 3.05) is 23.9 Å². The van der Waals surface area contributed by atoms with Crippen molar-refractivity contribution >= 4 is 17.4 Å². The molecule has 16 heavy (non-hydrogen) atoms. The summed E-state index contributed by atoms with van der Waals surface area (Å²) in [6.07, 6.45) is 4.28. The number of thioether (sulfide) groups is 1. The smallest absolute Gasteiger partial charge is 0.237 e. The summed E-state index contributed by atoms with van der Waals surface area (Å²) in [5.41, 5.74) is 2.19. The SMILES string of the molecule is COc1ncc(C)cc1NC1CCSCC1. The highest BCUT2D eigenvalue weighted by Gasteiger charge is 2.15. The van der Waals surface area contributed by atoms with E-state index in [1.807, 2.05) is 24.9 Å². The fraction of sp³-hybridized carbons (Fsp3) is 0.583. The lowest BCUT2D eigenvalue weighted by Gasteiger charge is -2.24. The molecule has 2 rings (SSSR count). The summed E-state index contributed by atoms with van der Waals surface area (Å²) in [5, 5.41) is 3.54. The molecule has 1 aliphatic heterocycles. The van der Waals surface area contributed by atoms with Gasteiger partial charge < -0.3 is 10.1 Å². The van der Waals surface area contributed by atoms with Crippen LogP contribution in [0, 0.1) is 6.92 Å². The molecule has 3 nitrogen and oxygen atoms in total. The topological polar surface area (TPSA) is 34.1 Å². The minimum atomic E-state index is 0.568. The van der Waals surface area contributed by atoms with Crippen LogP contribution >= 0.6 is 11.8 Å². The van der Waals surface area contributed by atoms with Gasteiger partial charge in [0.15, 0.2) is 0 Å². The van der Waals surface area contributed by atoms with Crippen LogP contribution in [0.25, 0.3) is 0 Å². The molecule has 1 fully saturated rings. The van der Waals surface area contributed by atoms with Crippen molar-refractivity contribution < 1.29 is 4.74 Å². The van der Waals surface area contributed by atoms with Gasteiger partial charge in [-0.15, -0.1) is 0 Å². The van der Waals surface area contributed by atoms with E-state index in [0.29, 0.717) is 11.9 Å². The van der Waals surface area contributed by atoms with Crippen LogP contribution in [0.5, 0.6) is 5.88 Å². The predicted octanol–water partition coefficient (Wildman–Crippen LogP) is 2.71. The second-order valence-corrected chi connectivity index (χ2v) is 5.33. The maximum atomic E-state index is 5.26. The Kier molecular flexibility index (Phi) is 3.93. The minimum Gasteiger partial charge on any atom is -0.480 e. The number of rotatable bonds is 3. The van der Waals surface area contributed by atoms with E-state index in [-0.39, 0.29) is 0 Å². The third-order valence-electron chi connectivity index (χ3n) is 2.76. The molecule has 1 aliphatic rings. The summed E-state index contributed by atoms with van der Waals surface area (Å²) >= 11 is 2.04. The van der Waals surface area contributed by atoms with E-state index >= 15 is 0 Å². The number of aryl methyl sites for hydroxylation is 1. The lowest BCUT2D eigenvalue weighted by atomic mass is 10.1. The average Bonchev–Trinajstić information content (AvgIpc) is 2.31. The third kappa shape index (κ3) is 2.82. The molecule has 1 aromatic rings. The van der Waals surface area contributed by atoms with Crippen molar-refractivity contribution in [2.24, 2.45) is 0 Å². The molecule has 0 amide bonds. The highest BCUT2D eigenvalue weighted by atomic mass is 32.2. The van der Waals surface area contributed by atoms with Crippen molar-refractivity contribution in [1.29, 1.82) is 0 Å². The first-order chi connectivity index (χ1) is 7.79. The lowest BCUT2D eigenvalue weighted by Crippen LogP contribution is -2.24. The largest absolute Gasteiger partial charge is 0.480 e. The van der Waals surface area contributed by atoms with Gasteiger partial charge in [-0.1, -0.05) is 0 Å². The molecule has 1 saturated heterocycles. The van der Waals surface area contributed by atoms with E-state index < -0.39 is 0 Å². The van der Waals surface area contributed by atoms with E-state index in [0.717, 1.165) is 11.3 Å². The number of nitrogens with zero attached hydrogens (tertiary/aromatic N) is 1. The summed E-state index contributed by atoms with van der Waals surface area (Å²) in [4.78, 5) is 4.27. The Morgan fingerprint density at radius 1 is 1.44 bits per heavy atom. The number of nitrogens with one attached hydrogen (secondary N) is 1. The molecule has 0 atom stereocenters. The second kappa shape index (κ2) is 5.43. The highest BCUT2D eigenvalue weighted by molar-refractivity contribution is 7.99. The average molecular weight is 238 g/mol. The van der Waals surface area contributed by atoms with Crippen molar-refractivity contribution in [3.05, 3.63) is 17.8 Å². The standard InChI is InChI=1S/C12H18N2OS/c1-9-7-11(12(15-2)13-8-9)14-10-3-5-16-6-4-10/h7-8,10,14H,3-6H2,1-2H3. The first-order valence-electron chi connectivity index (χ1n) is 5.64. The fourth-order valence-electron chi connectivity index (χ4n) is 1.88. The monoisotopic (exact) mass is 238 g/mol. The summed E-state index contributed by atoms with van der Waals surface area (Å²) < 4.78 is 5.26. The molecule has 1 N–H and O–H groups in total. The first kappa shape index (κ1) is 11.6. The fourth-order valence-corrected chi connectivity index (χ4v) is 2.99. The van der Waals surface area contributed by atoms with Crippen LogP contribution in [0.2, 0.25) is 0 Å². The van der Waals surface area contributed by atoms with Crippen LogP contribution in [0.3, 0.4) is 0 Å². The number of methoxy groups -OCH3 is 1. The maximum absolute atomic E-state index is 5.26. The molecule has 0 bridgehead atoms. The summed E-state index contributed by atoms with van der Waals surface area (Å²) in [6.45, 7) is 2.05. The Labute approximate surface area is 101 Å². The van der Waals surface area contributed by atoms with Crippen LogP contribution in [-0.4, -0.2) is 29.6 Å². The Morgan fingerprint density at radius 2 is 2.19 bits per heavy atom. The summed E-state index contributed by atoms with van der Waals surface area (Å²) in [7, 11) is 1.67. The van der Waals surface area contributed by atoms with E-state index in [1.54, 1.807) is 7.11 Å². The van der Waals surface area contributed by atoms with Gasteiger partial charge in [-0.2, -0.15) is 11.8 Å². The molecule has 0 spiro atoms. The van der Waals surface area contributed by atoms with E-state index in [4.69, 9.17) is 4.74 Å². The second-order valence-electron chi connectivity index (χ2n) is 4.10. The quantitative estimate of drug-likeness (QED) is 0.878. The minimum absolute atomic E-state index is 0.568. The zero-order valence-corrected chi connectivity index (χ0v) is 10.6. The highest BCUT2D eigenvalue weighted by Crippen LogP contribution is 2.26. The van der Waals surface area contributed by atoms with Crippen LogP contribution in [-0.2, 0) is 0 Å². The normalized spacial score (nSPS) is 17.1. The maximum Gasteiger partial charge on any atom is 0.237 e. The number of hydrogen-bond donors (Lipinski definition) is 1. The molecule has 4 heteroatoms. The van der Waals surface area contributed by atoms with Crippen molar-refractivity contribution in [1.82, 2.24) is 4.98 Å². The summed E-state index contributed by atoms with van der Waals surface area (Å²) in [5.74, 6) is 3.20. The Balaban J connectivity index is 2.09. The van der Waals surface area contributed by atoms with Gasteiger partial charge >= 0.3 is 0 Å². The summed E-state index contributed by atoms with van der Waals surface area (Å²) in [6, 6.07) is 2.67. The number of ether oxygens (including phenoxy) is 1. The van der Waals surface area contributed by atoms with Crippen LogP contribution in [0.1, 0.15) is 18.4 Å². The van der Waals surface area contributed by atoms with Gasteiger partial charge in [0.05, 0.1) is 12.8 Å². The number of aromatic nitrogens is 1. The molecule has 88 valence electrons. The molecule has 2 heterocycles. The van der Waals surface area contributed by atoms with Crippen LogP contribution in [0.15, 0.2) is 12.3 Å². The van der Waals surface area contributed by atoms with E-state index in [1.165, 1.54) is 24.3 Å². The lowest BCUT2D eigenvalue weighted by molar-refractivity contribution is 0.399.